The molecule has 0 saturated carbocycles. The number of hydrogen-bond acceptors (Lipinski definition) is 3. The van der Waals surface area contributed by atoms with Crippen LogP contribution in [0, 0.1) is 5.41 Å². The Morgan fingerprint density at radius 1 is 1.29 bits per heavy atom. The summed E-state index contributed by atoms with van der Waals surface area (Å²) in [6.45, 7) is 7.47. The Hall–Kier alpha value is -1.39. The van der Waals surface area contributed by atoms with Gasteiger partial charge in [-0.1, -0.05) is 30.3 Å². The maximum atomic E-state index is 11.3. The van der Waals surface area contributed by atoms with Gasteiger partial charge in [0.05, 0.1) is 5.41 Å². The second-order valence-electron chi connectivity index (χ2n) is 6.66. The van der Waals surface area contributed by atoms with Crippen LogP contribution in [0.2, 0.25) is 0 Å². The molecule has 1 heterocycles. The van der Waals surface area contributed by atoms with Gasteiger partial charge in [-0.25, -0.2) is 0 Å². The van der Waals surface area contributed by atoms with Crippen LogP contribution in [0.25, 0.3) is 0 Å². The van der Waals surface area contributed by atoms with E-state index in [0.717, 1.165) is 26.2 Å². The number of nitrogens with zero attached hydrogens (tertiary/aromatic N) is 2. The van der Waals surface area contributed by atoms with E-state index in [0.29, 0.717) is 12.5 Å². The first kappa shape index (κ1) is 16.0. The van der Waals surface area contributed by atoms with Crippen LogP contribution in [0.1, 0.15) is 31.9 Å². The Kier molecular flexibility index (Phi) is 5.01. The molecule has 1 aliphatic heterocycles. The Morgan fingerprint density at radius 3 is 2.57 bits per heavy atom. The zero-order chi connectivity index (χ0) is 15.5. The molecule has 1 aromatic carbocycles. The molecule has 1 atom stereocenters. The lowest BCUT2D eigenvalue weighted by molar-refractivity contribution is -0.147. The maximum Gasteiger partial charge on any atom is 0.309 e. The number of aliphatic carboxylic acids is 1. The first-order valence-electron chi connectivity index (χ1n) is 7.61. The Balaban J connectivity index is 2.07. The summed E-state index contributed by atoms with van der Waals surface area (Å²) >= 11 is 0. The van der Waals surface area contributed by atoms with Crippen LogP contribution in [0.15, 0.2) is 30.3 Å². The van der Waals surface area contributed by atoms with Crippen molar-refractivity contribution in [2.45, 2.75) is 26.3 Å². The van der Waals surface area contributed by atoms with E-state index in [1.807, 2.05) is 19.9 Å². The lowest BCUT2D eigenvalue weighted by Crippen LogP contribution is -2.47. The van der Waals surface area contributed by atoms with Crippen LogP contribution in [-0.2, 0) is 4.79 Å². The third-order valence-corrected chi connectivity index (χ3v) is 4.48. The molecule has 1 aromatic rings. The van der Waals surface area contributed by atoms with E-state index in [4.69, 9.17) is 0 Å². The summed E-state index contributed by atoms with van der Waals surface area (Å²) in [4.78, 5) is 16.0. The molecule has 0 radical (unpaired) electrons. The molecule has 1 saturated heterocycles. The molecular formula is C17H26N2O2. The molecule has 116 valence electrons. The minimum absolute atomic E-state index is 0.356. The zero-order valence-corrected chi connectivity index (χ0v) is 13.2. The van der Waals surface area contributed by atoms with Crippen molar-refractivity contribution in [2.75, 3.05) is 33.2 Å². The lowest BCUT2D eigenvalue weighted by atomic mass is 9.89. The van der Waals surface area contributed by atoms with Gasteiger partial charge in [0.15, 0.2) is 0 Å². The smallest absolute Gasteiger partial charge is 0.309 e. The largest absolute Gasteiger partial charge is 0.481 e. The highest BCUT2D eigenvalue weighted by atomic mass is 16.4. The number of hydrogen-bond donors (Lipinski definition) is 1. The first-order valence-corrected chi connectivity index (χ1v) is 7.61. The molecule has 4 nitrogen and oxygen atoms in total. The van der Waals surface area contributed by atoms with Gasteiger partial charge in [0.2, 0.25) is 0 Å². The van der Waals surface area contributed by atoms with E-state index in [-0.39, 0.29) is 0 Å². The van der Waals surface area contributed by atoms with E-state index in [1.54, 1.807) is 0 Å². The van der Waals surface area contributed by atoms with E-state index in [1.165, 1.54) is 5.56 Å². The highest BCUT2D eigenvalue weighted by Gasteiger charge is 2.31. The second-order valence-corrected chi connectivity index (χ2v) is 6.66. The molecule has 0 aliphatic carbocycles. The van der Waals surface area contributed by atoms with Crippen molar-refractivity contribution in [3.8, 4) is 0 Å². The van der Waals surface area contributed by atoms with Crippen molar-refractivity contribution in [3.05, 3.63) is 35.9 Å². The van der Waals surface area contributed by atoms with Crippen LogP contribution in [0.4, 0.5) is 0 Å². The molecule has 1 fully saturated rings. The third kappa shape index (κ3) is 4.05. The molecule has 4 heteroatoms. The van der Waals surface area contributed by atoms with Gasteiger partial charge in [0.1, 0.15) is 0 Å². The third-order valence-electron chi connectivity index (χ3n) is 4.48. The molecule has 0 aromatic heterocycles. The Labute approximate surface area is 127 Å². The fourth-order valence-electron chi connectivity index (χ4n) is 2.75. The number of carboxylic acid groups (broad SMARTS) is 1. The normalized spacial score (nSPS) is 21.4. The predicted octanol–water partition coefficient (Wildman–Crippen LogP) is 2.48. The van der Waals surface area contributed by atoms with Gasteiger partial charge < -0.3 is 10.0 Å². The molecule has 2 rings (SSSR count). The Bertz CT molecular complexity index is 473. The van der Waals surface area contributed by atoms with Crippen molar-refractivity contribution >= 4 is 5.97 Å². The first-order chi connectivity index (χ1) is 9.90. The van der Waals surface area contributed by atoms with E-state index >= 15 is 0 Å². The number of likely N-dealkylation sites (N-methyl/N-ethyl adjacent to an activating group) is 1. The molecule has 21 heavy (non-hydrogen) atoms. The van der Waals surface area contributed by atoms with Gasteiger partial charge in [0, 0.05) is 25.7 Å². The van der Waals surface area contributed by atoms with Gasteiger partial charge in [-0.3, -0.25) is 9.69 Å². The van der Waals surface area contributed by atoms with Crippen molar-refractivity contribution in [3.63, 3.8) is 0 Å². The minimum atomic E-state index is -0.715. The topological polar surface area (TPSA) is 43.8 Å². The summed E-state index contributed by atoms with van der Waals surface area (Å²) in [6, 6.07) is 10.9. The molecular weight excluding hydrogens is 264 g/mol. The lowest BCUT2D eigenvalue weighted by Gasteiger charge is -2.41. The summed E-state index contributed by atoms with van der Waals surface area (Å²) in [5, 5.41) is 9.27. The van der Waals surface area contributed by atoms with Gasteiger partial charge in [0.25, 0.3) is 0 Å². The molecule has 1 N–H and O–H groups in total. The monoisotopic (exact) mass is 290 g/mol. The van der Waals surface area contributed by atoms with E-state index in [2.05, 4.69) is 41.1 Å². The summed E-state index contributed by atoms with van der Waals surface area (Å²) < 4.78 is 0. The SMILES string of the molecule is CN1CCN(CCC(C)(C)C(=O)O)C(c2ccccc2)C1. The molecule has 0 amide bonds. The van der Waals surface area contributed by atoms with Gasteiger partial charge >= 0.3 is 5.97 Å². The highest BCUT2D eigenvalue weighted by molar-refractivity contribution is 5.73. The number of rotatable bonds is 5. The number of benzene rings is 1. The Morgan fingerprint density at radius 2 is 1.95 bits per heavy atom. The van der Waals surface area contributed by atoms with Crippen LogP contribution < -0.4 is 0 Å². The minimum Gasteiger partial charge on any atom is -0.481 e. The average molecular weight is 290 g/mol. The number of carboxylic acids is 1. The van der Waals surface area contributed by atoms with Gasteiger partial charge in [-0.15, -0.1) is 0 Å². The average Bonchev–Trinajstić information content (AvgIpc) is 2.46. The summed E-state index contributed by atoms with van der Waals surface area (Å²) in [5.74, 6) is -0.715. The summed E-state index contributed by atoms with van der Waals surface area (Å²) in [5.41, 5.74) is 0.655. The fourth-order valence-corrected chi connectivity index (χ4v) is 2.75. The van der Waals surface area contributed by atoms with Crippen LogP contribution in [0.5, 0.6) is 0 Å². The quantitative estimate of drug-likeness (QED) is 0.905. The van der Waals surface area contributed by atoms with Crippen LogP contribution in [-0.4, -0.2) is 54.1 Å². The van der Waals surface area contributed by atoms with E-state index in [9.17, 15) is 9.90 Å². The van der Waals surface area contributed by atoms with Crippen LogP contribution >= 0.6 is 0 Å². The standard InChI is InChI=1S/C17H26N2O2/c1-17(2,16(20)21)9-10-19-12-11-18(3)13-15(19)14-7-5-4-6-8-14/h4-8,15H,9-13H2,1-3H3,(H,20,21). The highest BCUT2D eigenvalue weighted by Crippen LogP contribution is 2.28. The molecule has 0 bridgehead atoms. The van der Waals surface area contributed by atoms with Gasteiger partial charge in [-0.05, 0) is 39.4 Å². The number of piperazine rings is 1. The fraction of sp³-hybridized carbons (Fsp3) is 0.588. The van der Waals surface area contributed by atoms with Crippen LogP contribution in [0.3, 0.4) is 0 Å². The zero-order valence-electron chi connectivity index (χ0n) is 13.2. The van der Waals surface area contributed by atoms with Crippen molar-refractivity contribution in [1.29, 1.82) is 0 Å². The molecule has 1 aliphatic rings. The molecule has 0 spiro atoms. The van der Waals surface area contributed by atoms with Gasteiger partial charge in [-0.2, -0.15) is 0 Å². The number of carbonyl (C=O) groups is 1. The predicted molar refractivity (Wildman–Crippen MR) is 84.3 cm³/mol. The van der Waals surface area contributed by atoms with Crippen molar-refractivity contribution < 1.29 is 9.90 Å². The second kappa shape index (κ2) is 6.58. The molecule has 1 unspecified atom stereocenters. The summed E-state index contributed by atoms with van der Waals surface area (Å²) in [6.07, 6.45) is 0.676. The van der Waals surface area contributed by atoms with E-state index < -0.39 is 11.4 Å². The summed E-state index contributed by atoms with van der Waals surface area (Å²) in [7, 11) is 2.15. The maximum absolute atomic E-state index is 11.3. The van der Waals surface area contributed by atoms with Crippen molar-refractivity contribution in [2.24, 2.45) is 5.41 Å². The van der Waals surface area contributed by atoms with Crippen molar-refractivity contribution in [1.82, 2.24) is 9.80 Å².